The first-order valence-electron chi connectivity index (χ1n) is 9.44. The Balaban J connectivity index is 1.59. The first-order valence-corrected chi connectivity index (χ1v) is 11.0. The second-order valence-corrected chi connectivity index (χ2v) is 8.21. The molecule has 0 unspecified atom stereocenters. The van der Waals surface area contributed by atoms with Crippen LogP contribution in [0.3, 0.4) is 0 Å². The lowest BCUT2D eigenvalue weighted by Gasteiger charge is -2.10. The molecule has 4 aromatic rings. The number of hydrogen-bond acceptors (Lipinski definition) is 9. The Morgan fingerprint density at radius 1 is 0.967 bits per heavy atom. The summed E-state index contributed by atoms with van der Waals surface area (Å²) in [6.45, 7) is 7.85. The molecule has 4 rings (SSSR count). The zero-order valence-corrected chi connectivity index (χ0v) is 18.7. The van der Waals surface area contributed by atoms with Gasteiger partial charge in [0.2, 0.25) is 5.88 Å². The van der Waals surface area contributed by atoms with Gasteiger partial charge in [0, 0.05) is 35.5 Å². The predicted molar refractivity (Wildman–Crippen MR) is 120 cm³/mol. The number of hydrogen-bond donors (Lipinski definition) is 0. The maximum Gasteiger partial charge on any atom is 0.220 e. The van der Waals surface area contributed by atoms with Gasteiger partial charge >= 0.3 is 0 Å². The van der Waals surface area contributed by atoms with E-state index in [1.807, 2.05) is 52.0 Å². The Labute approximate surface area is 182 Å². The third-order valence-electron chi connectivity index (χ3n) is 4.33. The Hall–Kier alpha value is -3.04. The van der Waals surface area contributed by atoms with Crippen LogP contribution in [0.25, 0.3) is 22.7 Å². The van der Waals surface area contributed by atoms with Crippen molar-refractivity contribution in [3.8, 4) is 22.2 Å². The fourth-order valence-electron chi connectivity index (χ4n) is 2.77. The Morgan fingerprint density at radius 2 is 1.83 bits per heavy atom. The molecule has 4 aromatic heterocycles. The monoisotopic (exact) mass is 436 g/mol. The topological polar surface area (TPSA) is 86.6 Å². The Kier molecular flexibility index (Phi) is 5.91. The first-order chi connectivity index (χ1) is 14.5. The van der Waals surface area contributed by atoms with Crippen LogP contribution in [-0.2, 0) is 6.42 Å². The summed E-state index contributed by atoms with van der Waals surface area (Å²) >= 11 is 2.75. The van der Waals surface area contributed by atoms with Gasteiger partial charge < -0.3 is 4.74 Å². The van der Waals surface area contributed by atoms with Gasteiger partial charge in [0.15, 0.2) is 5.75 Å². The van der Waals surface area contributed by atoms with Crippen molar-refractivity contribution in [2.75, 3.05) is 0 Å². The van der Waals surface area contributed by atoms with Crippen molar-refractivity contribution >= 4 is 35.2 Å². The average Bonchev–Trinajstić information content (AvgIpc) is 3.37. The van der Waals surface area contributed by atoms with E-state index >= 15 is 0 Å². The Morgan fingerprint density at radius 3 is 2.57 bits per heavy atom. The van der Waals surface area contributed by atoms with Gasteiger partial charge in [0.25, 0.3) is 0 Å². The van der Waals surface area contributed by atoms with E-state index in [0.717, 1.165) is 50.5 Å². The minimum Gasteiger partial charge on any atom is -0.437 e. The van der Waals surface area contributed by atoms with Crippen molar-refractivity contribution < 1.29 is 4.74 Å². The van der Waals surface area contributed by atoms with Crippen LogP contribution in [0.2, 0.25) is 0 Å². The van der Waals surface area contributed by atoms with E-state index in [-0.39, 0.29) is 0 Å². The molecule has 0 fully saturated rings. The molecule has 7 nitrogen and oxygen atoms in total. The zero-order chi connectivity index (χ0) is 21.1. The van der Waals surface area contributed by atoms with Gasteiger partial charge in [-0.1, -0.05) is 6.92 Å². The molecule has 152 valence electrons. The van der Waals surface area contributed by atoms with Gasteiger partial charge in [0.05, 0.1) is 6.20 Å². The summed E-state index contributed by atoms with van der Waals surface area (Å²) in [5, 5.41) is 1.72. The largest absolute Gasteiger partial charge is 0.437 e. The quantitative estimate of drug-likeness (QED) is 0.405. The molecule has 0 atom stereocenters. The minimum absolute atomic E-state index is 0.501. The van der Waals surface area contributed by atoms with E-state index in [4.69, 9.17) is 4.74 Å². The lowest BCUT2D eigenvalue weighted by molar-refractivity contribution is 0.456. The molecule has 0 amide bonds. The summed E-state index contributed by atoms with van der Waals surface area (Å²) in [6.07, 6.45) is 8.27. The summed E-state index contributed by atoms with van der Waals surface area (Å²) in [7, 11) is 0. The lowest BCUT2D eigenvalue weighted by Crippen LogP contribution is -1.95. The van der Waals surface area contributed by atoms with Gasteiger partial charge in [0.1, 0.15) is 21.7 Å². The van der Waals surface area contributed by atoms with Crippen molar-refractivity contribution in [3.63, 3.8) is 0 Å². The molecule has 9 heteroatoms. The molecule has 0 N–H and O–H groups in total. The van der Waals surface area contributed by atoms with Gasteiger partial charge in [-0.3, -0.25) is 4.98 Å². The van der Waals surface area contributed by atoms with E-state index < -0.39 is 0 Å². The highest BCUT2D eigenvalue weighted by Crippen LogP contribution is 2.30. The molecule has 0 aliphatic rings. The SMILES string of the molecule is CCc1nsc(/C=C/c2cncc(Oc3cc(-c4nc(C)ns4)cc(C)n3)c2C)n1. The normalized spacial score (nSPS) is 11.3. The third kappa shape index (κ3) is 4.58. The van der Waals surface area contributed by atoms with Crippen molar-refractivity contribution in [1.29, 1.82) is 0 Å². The Bertz CT molecular complexity index is 1210. The summed E-state index contributed by atoms with van der Waals surface area (Å²) < 4.78 is 14.7. The highest BCUT2D eigenvalue weighted by molar-refractivity contribution is 7.09. The number of pyridine rings is 2. The smallest absolute Gasteiger partial charge is 0.220 e. The minimum atomic E-state index is 0.501. The van der Waals surface area contributed by atoms with E-state index in [1.165, 1.54) is 23.1 Å². The highest BCUT2D eigenvalue weighted by atomic mass is 32.1. The fraction of sp³-hybridized carbons (Fsp3) is 0.238. The van der Waals surface area contributed by atoms with Crippen LogP contribution >= 0.6 is 23.1 Å². The van der Waals surface area contributed by atoms with Crippen LogP contribution in [0.15, 0.2) is 24.5 Å². The van der Waals surface area contributed by atoms with E-state index in [0.29, 0.717) is 11.6 Å². The molecule has 0 spiro atoms. The number of aryl methyl sites for hydroxylation is 3. The van der Waals surface area contributed by atoms with Crippen LogP contribution in [0.1, 0.15) is 40.4 Å². The van der Waals surface area contributed by atoms with E-state index in [9.17, 15) is 0 Å². The van der Waals surface area contributed by atoms with Crippen LogP contribution in [0.5, 0.6) is 11.6 Å². The standard InChI is InChI=1S/C21H20N6OS2/c1-5-18-25-20(29-27-18)7-6-15-10-22-11-17(13(15)3)28-19-9-16(8-12(2)23-19)21-24-14(4)26-30-21/h6-11H,5H2,1-4H3/b7-6+. The molecule has 0 aromatic carbocycles. The van der Waals surface area contributed by atoms with Crippen LogP contribution in [-0.4, -0.2) is 28.7 Å². The molecule has 30 heavy (non-hydrogen) atoms. The molecular formula is C21H20N6OS2. The van der Waals surface area contributed by atoms with Crippen LogP contribution in [0, 0.1) is 20.8 Å². The predicted octanol–water partition coefficient (Wildman–Crippen LogP) is 5.30. The first kappa shape index (κ1) is 20.2. The zero-order valence-electron chi connectivity index (χ0n) is 17.1. The maximum atomic E-state index is 6.10. The van der Waals surface area contributed by atoms with E-state index in [1.54, 1.807) is 12.4 Å². The molecule has 4 heterocycles. The average molecular weight is 437 g/mol. The second-order valence-electron chi connectivity index (χ2n) is 6.67. The number of rotatable bonds is 6. The highest BCUT2D eigenvalue weighted by Gasteiger charge is 2.11. The second kappa shape index (κ2) is 8.76. The third-order valence-corrected chi connectivity index (χ3v) is 5.90. The summed E-state index contributed by atoms with van der Waals surface area (Å²) in [6, 6.07) is 3.85. The summed E-state index contributed by atoms with van der Waals surface area (Å²) in [5.41, 5.74) is 3.71. The van der Waals surface area contributed by atoms with Gasteiger partial charge in [-0.2, -0.15) is 8.75 Å². The van der Waals surface area contributed by atoms with Crippen molar-refractivity contribution in [2.45, 2.75) is 34.1 Å². The fourth-order valence-corrected chi connectivity index (χ4v) is 4.07. The van der Waals surface area contributed by atoms with Crippen LogP contribution in [0.4, 0.5) is 0 Å². The van der Waals surface area contributed by atoms with E-state index in [2.05, 4.69) is 28.7 Å². The molecule has 0 aliphatic carbocycles. The van der Waals surface area contributed by atoms with Crippen molar-refractivity contribution in [3.05, 3.63) is 58.0 Å². The number of nitrogens with zero attached hydrogens (tertiary/aromatic N) is 6. The molecule has 0 radical (unpaired) electrons. The maximum absolute atomic E-state index is 6.10. The molecular weight excluding hydrogens is 416 g/mol. The lowest BCUT2D eigenvalue weighted by atomic mass is 10.1. The van der Waals surface area contributed by atoms with Crippen molar-refractivity contribution in [1.82, 2.24) is 28.7 Å². The summed E-state index contributed by atoms with van der Waals surface area (Å²) in [4.78, 5) is 17.8. The van der Waals surface area contributed by atoms with Crippen molar-refractivity contribution in [2.24, 2.45) is 0 Å². The van der Waals surface area contributed by atoms with Gasteiger partial charge in [-0.15, -0.1) is 0 Å². The van der Waals surface area contributed by atoms with Gasteiger partial charge in [-0.25, -0.2) is 15.0 Å². The molecule has 0 saturated carbocycles. The summed E-state index contributed by atoms with van der Waals surface area (Å²) in [5.74, 6) is 2.77. The molecule has 0 saturated heterocycles. The van der Waals surface area contributed by atoms with Gasteiger partial charge in [-0.05, 0) is 67.6 Å². The molecule has 0 aliphatic heterocycles. The van der Waals surface area contributed by atoms with Crippen LogP contribution < -0.4 is 4.74 Å². The number of ether oxygens (including phenoxy) is 1. The molecule has 0 bridgehead atoms. The number of aromatic nitrogens is 6.